The van der Waals surface area contributed by atoms with E-state index in [9.17, 15) is 0 Å². The summed E-state index contributed by atoms with van der Waals surface area (Å²) in [5.74, 6) is 1.36. The lowest BCUT2D eigenvalue weighted by atomic mass is 10.3. The van der Waals surface area contributed by atoms with E-state index in [0.717, 1.165) is 23.7 Å². The first-order valence-electron chi connectivity index (χ1n) is 7.60. The Hall–Kier alpha value is -2.95. The number of rotatable bonds is 5. The van der Waals surface area contributed by atoms with E-state index in [0.29, 0.717) is 5.95 Å². The van der Waals surface area contributed by atoms with E-state index in [4.69, 9.17) is 0 Å². The van der Waals surface area contributed by atoms with Crippen LogP contribution in [0, 0.1) is 0 Å². The molecule has 2 aromatic carbocycles. The smallest absolute Gasteiger partial charge is 0.251 e. The van der Waals surface area contributed by atoms with Crippen molar-refractivity contribution in [3.8, 4) is 0 Å². The van der Waals surface area contributed by atoms with E-state index < -0.39 is 0 Å². The molecule has 0 aliphatic carbocycles. The van der Waals surface area contributed by atoms with Gasteiger partial charge in [0.15, 0.2) is 5.82 Å². The SMILES string of the molecule is CCN(c1ccccc1)c1cnnc(N(C)c2ccccc2)n1. The zero-order valence-electron chi connectivity index (χ0n) is 13.3. The van der Waals surface area contributed by atoms with Gasteiger partial charge in [0.05, 0.1) is 6.20 Å². The highest BCUT2D eigenvalue weighted by Crippen LogP contribution is 2.25. The van der Waals surface area contributed by atoms with Crippen molar-refractivity contribution >= 4 is 23.1 Å². The molecule has 3 aromatic rings. The van der Waals surface area contributed by atoms with Crippen LogP contribution in [0.1, 0.15) is 6.92 Å². The van der Waals surface area contributed by atoms with Gasteiger partial charge in [-0.3, -0.25) is 0 Å². The molecule has 3 rings (SSSR count). The lowest BCUT2D eigenvalue weighted by Crippen LogP contribution is -2.20. The van der Waals surface area contributed by atoms with Crippen LogP contribution in [0.15, 0.2) is 66.9 Å². The van der Waals surface area contributed by atoms with Crippen molar-refractivity contribution in [2.24, 2.45) is 0 Å². The quantitative estimate of drug-likeness (QED) is 0.717. The molecule has 0 radical (unpaired) electrons. The average Bonchev–Trinajstić information content (AvgIpc) is 2.64. The first-order valence-corrected chi connectivity index (χ1v) is 7.60. The molecule has 0 N–H and O–H groups in total. The van der Waals surface area contributed by atoms with Crippen LogP contribution in [-0.4, -0.2) is 28.8 Å². The molecule has 0 saturated heterocycles. The van der Waals surface area contributed by atoms with Crippen molar-refractivity contribution in [2.45, 2.75) is 6.92 Å². The number of hydrogen-bond donors (Lipinski definition) is 0. The van der Waals surface area contributed by atoms with Crippen LogP contribution in [0.3, 0.4) is 0 Å². The van der Waals surface area contributed by atoms with E-state index in [1.165, 1.54) is 0 Å². The second-order valence-electron chi connectivity index (χ2n) is 5.09. The van der Waals surface area contributed by atoms with Gasteiger partial charge in [-0.05, 0) is 31.2 Å². The van der Waals surface area contributed by atoms with Gasteiger partial charge in [-0.15, -0.1) is 5.10 Å². The summed E-state index contributed by atoms with van der Waals surface area (Å²) in [7, 11) is 1.94. The molecule has 0 atom stereocenters. The van der Waals surface area contributed by atoms with Crippen molar-refractivity contribution in [3.05, 3.63) is 66.9 Å². The molecular weight excluding hydrogens is 286 g/mol. The van der Waals surface area contributed by atoms with Crippen molar-refractivity contribution in [2.75, 3.05) is 23.4 Å². The van der Waals surface area contributed by atoms with Crippen LogP contribution in [0.25, 0.3) is 0 Å². The summed E-state index contributed by atoms with van der Waals surface area (Å²) in [6.45, 7) is 2.90. The highest BCUT2D eigenvalue weighted by Gasteiger charge is 2.13. The molecule has 5 nitrogen and oxygen atoms in total. The van der Waals surface area contributed by atoms with Gasteiger partial charge in [-0.2, -0.15) is 10.1 Å². The van der Waals surface area contributed by atoms with Crippen LogP contribution >= 0.6 is 0 Å². The van der Waals surface area contributed by atoms with Crippen LogP contribution in [-0.2, 0) is 0 Å². The van der Waals surface area contributed by atoms with E-state index in [1.54, 1.807) is 6.20 Å². The van der Waals surface area contributed by atoms with Gasteiger partial charge in [-0.25, -0.2) is 0 Å². The molecule has 116 valence electrons. The maximum atomic E-state index is 4.67. The van der Waals surface area contributed by atoms with Gasteiger partial charge in [0.2, 0.25) is 0 Å². The van der Waals surface area contributed by atoms with Crippen molar-refractivity contribution < 1.29 is 0 Å². The summed E-state index contributed by atoms with van der Waals surface area (Å²) < 4.78 is 0. The molecule has 5 heteroatoms. The Labute approximate surface area is 136 Å². The Morgan fingerprint density at radius 1 is 0.870 bits per heavy atom. The van der Waals surface area contributed by atoms with Gasteiger partial charge < -0.3 is 9.80 Å². The summed E-state index contributed by atoms with van der Waals surface area (Å²) in [4.78, 5) is 8.71. The molecular formula is C18H19N5. The van der Waals surface area contributed by atoms with Gasteiger partial charge in [0.25, 0.3) is 5.95 Å². The van der Waals surface area contributed by atoms with E-state index in [1.807, 2.05) is 60.5 Å². The zero-order valence-corrected chi connectivity index (χ0v) is 13.3. The summed E-state index contributed by atoms with van der Waals surface area (Å²) in [6, 6.07) is 20.2. The third-order valence-corrected chi connectivity index (χ3v) is 3.64. The number of nitrogens with zero attached hydrogens (tertiary/aromatic N) is 5. The molecule has 23 heavy (non-hydrogen) atoms. The fourth-order valence-electron chi connectivity index (χ4n) is 2.41. The van der Waals surface area contributed by atoms with E-state index in [2.05, 4.69) is 39.1 Å². The van der Waals surface area contributed by atoms with Gasteiger partial charge in [0.1, 0.15) is 0 Å². The van der Waals surface area contributed by atoms with Gasteiger partial charge in [-0.1, -0.05) is 36.4 Å². The summed E-state index contributed by atoms with van der Waals surface area (Å²) in [6.07, 6.45) is 1.69. The number of aromatic nitrogens is 3. The Morgan fingerprint density at radius 2 is 1.48 bits per heavy atom. The molecule has 0 saturated carbocycles. The third kappa shape index (κ3) is 3.29. The first kappa shape index (κ1) is 15.0. The summed E-state index contributed by atoms with van der Waals surface area (Å²) in [5.41, 5.74) is 2.11. The Kier molecular flexibility index (Phi) is 4.47. The van der Waals surface area contributed by atoms with Crippen molar-refractivity contribution in [1.82, 2.24) is 15.2 Å². The number of benzene rings is 2. The largest absolute Gasteiger partial charge is 0.325 e. The fraction of sp³-hybridized carbons (Fsp3) is 0.167. The summed E-state index contributed by atoms with van der Waals surface area (Å²) >= 11 is 0. The van der Waals surface area contributed by atoms with Crippen molar-refractivity contribution in [1.29, 1.82) is 0 Å². The van der Waals surface area contributed by atoms with E-state index >= 15 is 0 Å². The zero-order chi connectivity index (χ0) is 16.1. The normalized spacial score (nSPS) is 10.3. The molecule has 1 heterocycles. The summed E-state index contributed by atoms with van der Waals surface area (Å²) in [5, 5.41) is 8.29. The third-order valence-electron chi connectivity index (χ3n) is 3.64. The molecule has 1 aromatic heterocycles. The molecule has 0 spiro atoms. The average molecular weight is 305 g/mol. The van der Waals surface area contributed by atoms with Crippen LogP contribution in [0.2, 0.25) is 0 Å². The fourth-order valence-corrected chi connectivity index (χ4v) is 2.41. The minimum absolute atomic E-state index is 0.572. The molecule has 0 aliphatic heterocycles. The Balaban J connectivity index is 1.93. The topological polar surface area (TPSA) is 45.2 Å². The Morgan fingerprint density at radius 3 is 2.09 bits per heavy atom. The van der Waals surface area contributed by atoms with Gasteiger partial charge >= 0.3 is 0 Å². The van der Waals surface area contributed by atoms with Crippen LogP contribution < -0.4 is 9.80 Å². The number of para-hydroxylation sites is 2. The minimum atomic E-state index is 0.572. The Bertz CT molecular complexity index is 746. The molecule has 0 fully saturated rings. The predicted octanol–water partition coefficient (Wildman–Crippen LogP) is 3.80. The molecule has 0 aliphatic rings. The molecule has 0 bridgehead atoms. The number of hydrogen-bond acceptors (Lipinski definition) is 5. The van der Waals surface area contributed by atoms with Crippen molar-refractivity contribution in [3.63, 3.8) is 0 Å². The molecule has 0 amide bonds. The minimum Gasteiger partial charge on any atom is -0.325 e. The number of anilines is 4. The maximum absolute atomic E-state index is 4.67. The maximum Gasteiger partial charge on any atom is 0.251 e. The highest BCUT2D eigenvalue weighted by atomic mass is 15.3. The van der Waals surface area contributed by atoms with E-state index in [-0.39, 0.29) is 0 Å². The second kappa shape index (κ2) is 6.87. The van der Waals surface area contributed by atoms with Crippen LogP contribution in [0.4, 0.5) is 23.1 Å². The highest BCUT2D eigenvalue weighted by molar-refractivity contribution is 5.62. The first-order chi connectivity index (χ1) is 11.3. The standard InChI is InChI=1S/C18H19N5/c1-3-23(16-12-8-5-9-13-16)17-14-19-21-18(20-17)22(2)15-10-6-4-7-11-15/h4-14H,3H2,1-2H3. The second-order valence-corrected chi connectivity index (χ2v) is 5.09. The lowest BCUT2D eigenvalue weighted by Gasteiger charge is -2.23. The van der Waals surface area contributed by atoms with Gasteiger partial charge in [0, 0.05) is 25.0 Å². The van der Waals surface area contributed by atoms with Crippen LogP contribution in [0.5, 0.6) is 0 Å². The predicted molar refractivity (Wildman–Crippen MR) is 93.5 cm³/mol. The monoisotopic (exact) mass is 305 g/mol. The molecule has 0 unspecified atom stereocenters. The lowest BCUT2D eigenvalue weighted by molar-refractivity contribution is 0.893.